The first-order valence-corrected chi connectivity index (χ1v) is 8.39. The average molecular weight is 305 g/mol. The van der Waals surface area contributed by atoms with Crippen LogP contribution in [0.5, 0.6) is 0 Å². The fraction of sp³-hybridized carbons (Fsp3) is 0.500. The minimum atomic E-state index is 0.0846. The van der Waals surface area contributed by atoms with E-state index in [0.717, 1.165) is 42.4 Å². The van der Waals surface area contributed by atoms with Gasteiger partial charge in [-0.2, -0.15) is 0 Å². The fourth-order valence-corrected chi connectivity index (χ4v) is 3.22. The summed E-state index contributed by atoms with van der Waals surface area (Å²) in [5.74, 6) is 0.934. The summed E-state index contributed by atoms with van der Waals surface area (Å²) >= 11 is 1.67. The molecule has 0 bridgehead atoms. The highest BCUT2D eigenvalue weighted by Crippen LogP contribution is 2.18. The van der Waals surface area contributed by atoms with Gasteiger partial charge < -0.3 is 4.90 Å². The predicted molar refractivity (Wildman–Crippen MR) is 90.2 cm³/mol. The Morgan fingerprint density at radius 3 is 2.76 bits per heavy atom. The summed E-state index contributed by atoms with van der Waals surface area (Å²) in [6.07, 6.45) is 2.07. The molecule has 0 aliphatic heterocycles. The number of thioether (sulfide) groups is 1. The minimum absolute atomic E-state index is 0.0846. The highest BCUT2D eigenvalue weighted by atomic mass is 32.2. The minimum Gasteiger partial charge on any atom is -0.309 e. The van der Waals surface area contributed by atoms with Gasteiger partial charge in [-0.3, -0.25) is 9.36 Å². The van der Waals surface area contributed by atoms with E-state index in [2.05, 4.69) is 25.9 Å². The van der Waals surface area contributed by atoms with Gasteiger partial charge in [-0.25, -0.2) is 4.98 Å². The van der Waals surface area contributed by atoms with E-state index in [4.69, 9.17) is 4.98 Å². The number of benzene rings is 1. The normalized spacial score (nSPS) is 11.4. The number of nitrogens with zero attached hydrogens (tertiary/aromatic N) is 3. The molecule has 0 amide bonds. The second-order valence-corrected chi connectivity index (χ2v) is 6.44. The van der Waals surface area contributed by atoms with Crippen molar-refractivity contribution in [2.24, 2.45) is 0 Å². The van der Waals surface area contributed by atoms with Crippen molar-refractivity contribution in [1.29, 1.82) is 0 Å². The standard InChI is InChI=1S/C16H23N3OS/c1-4-5-10-19-15(20)13-8-6-7-9-14(13)17-16(19)21-12-11-18(2)3/h6-9H,4-5,10-12H2,1-3H3. The zero-order chi connectivity index (χ0) is 15.2. The molecule has 0 unspecified atom stereocenters. The van der Waals surface area contributed by atoms with Crippen molar-refractivity contribution in [3.05, 3.63) is 34.6 Å². The Labute approximate surface area is 130 Å². The summed E-state index contributed by atoms with van der Waals surface area (Å²) in [6.45, 7) is 3.86. The summed E-state index contributed by atoms with van der Waals surface area (Å²) in [7, 11) is 4.11. The van der Waals surface area contributed by atoms with Crippen LogP contribution in [-0.4, -0.2) is 40.8 Å². The first kappa shape index (κ1) is 16.0. The van der Waals surface area contributed by atoms with E-state index >= 15 is 0 Å². The zero-order valence-corrected chi connectivity index (χ0v) is 13.8. The number of aromatic nitrogens is 2. The zero-order valence-electron chi connectivity index (χ0n) is 13.0. The Morgan fingerprint density at radius 1 is 1.29 bits per heavy atom. The van der Waals surface area contributed by atoms with Gasteiger partial charge in [-0.15, -0.1) is 0 Å². The molecule has 5 heteroatoms. The maximum Gasteiger partial charge on any atom is 0.262 e. The van der Waals surface area contributed by atoms with E-state index in [9.17, 15) is 4.79 Å². The van der Waals surface area contributed by atoms with E-state index in [0.29, 0.717) is 5.39 Å². The molecule has 0 saturated heterocycles. The molecule has 1 aromatic heterocycles. The Kier molecular flexibility index (Phi) is 5.82. The number of unbranched alkanes of at least 4 members (excludes halogenated alkanes) is 1. The van der Waals surface area contributed by atoms with Crippen molar-refractivity contribution in [2.75, 3.05) is 26.4 Å². The van der Waals surface area contributed by atoms with Crippen LogP contribution < -0.4 is 5.56 Å². The third-order valence-corrected chi connectivity index (χ3v) is 4.29. The monoisotopic (exact) mass is 305 g/mol. The summed E-state index contributed by atoms with van der Waals surface area (Å²) in [5, 5.41) is 1.56. The van der Waals surface area contributed by atoms with E-state index in [1.54, 1.807) is 11.8 Å². The van der Waals surface area contributed by atoms with E-state index < -0.39 is 0 Å². The van der Waals surface area contributed by atoms with Crippen molar-refractivity contribution in [2.45, 2.75) is 31.5 Å². The van der Waals surface area contributed by atoms with Gasteiger partial charge in [0, 0.05) is 18.8 Å². The lowest BCUT2D eigenvalue weighted by Gasteiger charge is -2.14. The lowest BCUT2D eigenvalue weighted by atomic mass is 10.2. The molecule has 0 aliphatic rings. The molecule has 4 nitrogen and oxygen atoms in total. The Hall–Kier alpha value is -1.33. The van der Waals surface area contributed by atoms with E-state index in [-0.39, 0.29) is 5.56 Å². The van der Waals surface area contributed by atoms with Crippen molar-refractivity contribution < 1.29 is 0 Å². The third kappa shape index (κ3) is 4.08. The summed E-state index contributed by atoms with van der Waals surface area (Å²) in [4.78, 5) is 19.5. The molecule has 114 valence electrons. The first-order valence-electron chi connectivity index (χ1n) is 7.40. The van der Waals surface area contributed by atoms with Crippen LogP contribution in [0.4, 0.5) is 0 Å². The van der Waals surface area contributed by atoms with Gasteiger partial charge in [0.2, 0.25) is 0 Å². The van der Waals surface area contributed by atoms with Gasteiger partial charge in [0.25, 0.3) is 5.56 Å². The molecule has 0 saturated carbocycles. The van der Waals surface area contributed by atoms with E-state index in [1.807, 2.05) is 28.8 Å². The smallest absolute Gasteiger partial charge is 0.262 e. The van der Waals surface area contributed by atoms with Crippen LogP contribution in [0.3, 0.4) is 0 Å². The molecule has 1 heterocycles. The largest absolute Gasteiger partial charge is 0.309 e. The molecular weight excluding hydrogens is 282 g/mol. The quantitative estimate of drug-likeness (QED) is 0.582. The average Bonchev–Trinajstić information content (AvgIpc) is 2.46. The molecule has 0 spiro atoms. The van der Waals surface area contributed by atoms with Crippen LogP contribution in [0, 0.1) is 0 Å². The second kappa shape index (κ2) is 7.61. The van der Waals surface area contributed by atoms with Crippen molar-refractivity contribution in [3.63, 3.8) is 0 Å². The topological polar surface area (TPSA) is 38.1 Å². The van der Waals surface area contributed by atoms with Crippen LogP contribution in [-0.2, 0) is 6.54 Å². The molecule has 2 aromatic rings. The molecule has 0 fully saturated rings. The maximum absolute atomic E-state index is 12.7. The Morgan fingerprint density at radius 2 is 2.05 bits per heavy atom. The number of hydrogen-bond donors (Lipinski definition) is 0. The molecule has 1 aromatic carbocycles. The number of para-hydroxylation sites is 1. The highest BCUT2D eigenvalue weighted by Gasteiger charge is 2.10. The molecular formula is C16H23N3OS. The highest BCUT2D eigenvalue weighted by molar-refractivity contribution is 7.99. The van der Waals surface area contributed by atoms with Crippen LogP contribution in [0.1, 0.15) is 19.8 Å². The van der Waals surface area contributed by atoms with Gasteiger partial charge in [0.05, 0.1) is 10.9 Å². The molecule has 0 aliphatic carbocycles. The van der Waals surface area contributed by atoms with Gasteiger partial charge in [-0.1, -0.05) is 37.2 Å². The Balaban J connectivity index is 2.37. The lowest BCUT2D eigenvalue weighted by Crippen LogP contribution is -2.24. The maximum atomic E-state index is 12.7. The van der Waals surface area contributed by atoms with Crippen LogP contribution in [0.25, 0.3) is 10.9 Å². The summed E-state index contributed by atoms with van der Waals surface area (Å²) in [6, 6.07) is 7.60. The lowest BCUT2D eigenvalue weighted by molar-refractivity contribution is 0.437. The summed E-state index contributed by atoms with van der Waals surface area (Å²) < 4.78 is 1.84. The number of rotatable bonds is 7. The van der Waals surface area contributed by atoms with Gasteiger partial charge in [0.15, 0.2) is 5.16 Å². The van der Waals surface area contributed by atoms with Crippen LogP contribution in [0.2, 0.25) is 0 Å². The van der Waals surface area contributed by atoms with Gasteiger partial charge in [-0.05, 0) is 32.6 Å². The molecule has 0 N–H and O–H groups in total. The molecule has 2 rings (SSSR count). The Bertz CT molecular complexity index is 652. The molecule has 0 atom stereocenters. The SMILES string of the molecule is CCCCn1c(SCCN(C)C)nc2ccccc2c1=O. The predicted octanol–water partition coefficient (Wildman–Crippen LogP) is 2.85. The van der Waals surface area contributed by atoms with Crippen LogP contribution >= 0.6 is 11.8 Å². The molecule has 0 radical (unpaired) electrons. The number of fused-ring (bicyclic) bond motifs is 1. The van der Waals surface area contributed by atoms with Crippen LogP contribution in [0.15, 0.2) is 34.2 Å². The summed E-state index contributed by atoms with van der Waals surface area (Å²) in [5.41, 5.74) is 0.879. The third-order valence-electron chi connectivity index (χ3n) is 3.33. The number of hydrogen-bond acceptors (Lipinski definition) is 4. The first-order chi connectivity index (χ1) is 10.1. The molecule has 21 heavy (non-hydrogen) atoms. The van der Waals surface area contributed by atoms with Crippen molar-refractivity contribution >= 4 is 22.7 Å². The fourth-order valence-electron chi connectivity index (χ4n) is 2.09. The van der Waals surface area contributed by atoms with Gasteiger partial charge >= 0.3 is 0 Å². The van der Waals surface area contributed by atoms with E-state index in [1.165, 1.54) is 0 Å². The van der Waals surface area contributed by atoms with Crippen molar-refractivity contribution in [1.82, 2.24) is 14.5 Å². The van der Waals surface area contributed by atoms with Crippen molar-refractivity contribution in [3.8, 4) is 0 Å². The second-order valence-electron chi connectivity index (χ2n) is 5.37. The van der Waals surface area contributed by atoms with Gasteiger partial charge in [0.1, 0.15) is 0 Å².